The van der Waals surface area contributed by atoms with Crippen LogP contribution in [0.15, 0.2) is 59.0 Å². The quantitative estimate of drug-likeness (QED) is 0.661. The van der Waals surface area contributed by atoms with E-state index in [1.54, 1.807) is 18.2 Å². The summed E-state index contributed by atoms with van der Waals surface area (Å²) in [5.41, 5.74) is 6.51. The fourth-order valence-electron chi connectivity index (χ4n) is 4.33. The number of fused-ring (bicyclic) bond motifs is 1. The van der Waals surface area contributed by atoms with E-state index in [0.29, 0.717) is 5.02 Å². The number of nitrogens with one attached hydrogen (secondary N) is 2. The number of halogens is 2. The summed E-state index contributed by atoms with van der Waals surface area (Å²) in [4.78, 5) is 23.4. The lowest BCUT2D eigenvalue weighted by atomic mass is 10.0. The molecule has 0 spiro atoms. The first-order valence-electron chi connectivity index (χ1n) is 10.1. The molecule has 5 rings (SSSR count). The van der Waals surface area contributed by atoms with E-state index in [-0.39, 0.29) is 23.7 Å². The van der Waals surface area contributed by atoms with Gasteiger partial charge in [0, 0.05) is 30.7 Å². The molecule has 3 aromatic rings. The van der Waals surface area contributed by atoms with Crippen LogP contribution >= 0.6 is 11.6 Å². The summed E-state index contributed by atoms with van der Waals surface area (Å²) in [6.07, 6.45) is 3.61. The van der Waals surface area contributed by atoms with Gasteiger partial charge in [0.15, 0.2) is 0 Å². The molecule has 2 aromatic carbocycles. The molecule has 0 radical (unpaired) electrons. The molecule has 8 heteroatoms. The average Bonchev–Trinajstić information content (AvgIpc) is 3.32. The van der Waals surface area contributed by atoms with E-state index in [1.807, 2.05) is 22.8 Å². The van der Waals surface area contributed by atoms with Gasteiger partial charge in [0.1, 0.15) is 11.9 Å². The van der Waals surface area contributed by atoms with Gasteiger partial charge in [-0.05, 0) is 54.8 Å². The van der Waals surface area contributed by atoms with Gasteiger partial charge in [-0.3, -0.25) is 19.8 Å². The molecule has 2 N–H and O–H groups in total. The van der Waals surface area contributed by atoms with E-state index in [1.165, 1.54) is 12.1 Å². The lowest BCUT2D eigenvalue weighted by molar-refractivity contribution is 0.0380. The van der Waals surface area contributed by atoms with Crippen molar-refractivity contribution in [1.82, 2.24) is 19.9 Å². The molecule has 2 aliphatic rings. The lowest BCUT2D eigenvalue weighted by Crippen LogP contribution is -2.38. The van der Waals surface area contributed by atoms with Gasteiger partial charge < -0.3 is 4.98 Å². The highest BCUT2D eigenvalue weighted by Crippen LogP contribution is 2.28. The zero-order valence-corrected chi connectivity index (χ0v) is 17.0. The second-order valence-corrected chi connectivity index (χ2v) is 8.29. The van der Waals surface area contributed by atoms with E-state index in [0.717, 1.165) is 54.8 Å². The number of H-pyrrole nitrogens is 1. The molecule has 1 unspecified atom stereocenters. The van der Waals surface area contributed by atoms with Crippen LogP contribution in [-0.2, 0) is 4.84 Å². The normalized spacial score (nSPS) is 20.5. The van der Waals surface area contributed by atoms with Crippen LogP contribution < -0.4 is 11.2 Å². The zero-order valence-electron chi connectivity index (χ0n) is 16.3. The molecular weight excluding hydrogens is 407 g/mol. The number of aromatic nitrogens is 2. The standard InChI is InChI=1S/C22H22ClFN4O2/c23-15-3-6-20-19(11-15)25-22(29)28(20)18-7-9-27(10-8-18)13-17-12-21(30-26-17)14-1-4-16(24)5-2-14/h1-6,11-12,18,21,26H,7-10,13H2,(H,25,29). The Morgan fingerprint density at radius 1 is 1.13 bits per heavy atom. The van der Waals surface area contributed by atoms with Crippen molar-refractivity contribution < 1.29 is 9.23 Å². The monoisotopic (exact) mass is 428 g/mol. The van der Waals surface area contributed by atoms with Crippen LogP contribution in [0.3, 0.4) is 0 Å². The number of imidazole rings is 1. The predicted molar refractivity (Wildman–Crippen MR) is 114 cm³/mol. The maximum absolute atomic E-state index is 13.1. The fourth-order valence-corrected chi connectivity index (χ4v) is 4.51. The summed E-state index contributed by atoms with van der Waals surface area (Å²) in [7, 11) is 0. The van der Waals surface area contributed by atoms with Crippen molar-refractivity contribution >= 4 is 22.6 Å². The van der Waals surface area contributed by atoms with Crippen molar-refractivity contribution in [1.29, 1.82) is 0 Å². The first-order chi connectivity index (χ1) is 14.6. The molecule has 156 valence electrons. The second kappa shape index (κ2) is 7.91. The molecule has 1 atom stereocenters. The molecule has 0 aliphatic carbocycles. The number of benzene rings is 2. The number of nitrogens with zero attached hydrogens (tertiary/aromatic N) is 2. The van der Waals surface area contributed by atoms with E-state index < -0.39 is 0 Å². The first-order valence-corrected chi connectivity index (χ1v) is 10.4. The molecule has 0 bridgehead atoms. The molecule has 3 heterocycles. The summed E-state index contributed by atoms with van der Waals surface area (Å²) in [6, 6.07) is 12.0. The Morgan fingerprint density at radius 2 is 1.90 bits per heavy atom. The maximum atomic E-state index is 13.1. The number of piperidine rings is 1. The van der Waals surface area contributed by atoms with Crippen LogP contribution in [-0.4, -0.2) is 34.1 Å². The molecule has 0 amide bonds. The summed E-state index contributed by atoms with van der Waals surface area (Å²) in [5, 5.41) is 0.615. The Bertz CT molecular complexity index is 1150. The number of rotatable bonds is 4. The number of hydroxylamine groups is 1. The van der Waals surface area contributed by atoms with E-state index in [9.17, 15) is 9.18 Å². The Morgan fingerprint density at radius 3 is 2.67 bits per heavy atom. The number of hydrogen-bond donors (Lipinski definition) is 2. The minimum Gasteiger partial charge on any atom is -0.305 e. The van der Waals surface area contributed by atoms with Crippen LogP contribution in [0.5, 0.6) is 0 Å². The largest absolute Gasteiger partial charge is 0.326 e. The van der Waals surface area contributed by atoms with Crippen molar-refractivity contribution in [3.63, 3.8) is 0 Å². The van der Waals surface area contributed by atoms with Gasteiger partial charge >= 0.3 is 5.69 Å². The molecule has 2 aliphatic heterocycles. The van der Waals surface area contributed by atoms with Crippen LogP contribution in [0.1, 0.15) is 30.6 Å². The summed E-state index contributed by atoms with van der Waals surface area (Å²) >= 11 is 6.05. The van der Waals surface area contributed by atoms with E-state index in [2.05, 4.69) is 15.4 Å². The first kappa shape index (κ1) is 19.4. The Kier molecular flexibility index (Phi) is 5.10. The van der Waals surface area contributed by atoms with Crippen LogP contribution in [0.4, 0.5) is 4.39 Å². The molecule has 6 nitrogen and oxygen atoms in total. The third kappa shape index (κ3) is 3.76. The van der Waals surface area contributed by atoms with Gasteiger partial charge in [-0.15, -0.1) is 0 Å². The third-order valence-corrected chi connectivity index (χ3v) is 6.10. The van der Waals surface area contributed by atoms with Gasteiger partial charge in [0.2, 0.25) is 0 Å². The van der Waals surface area contributed by atoms with Crippen molar-refractivity contribution in [3.05, 3.63) is 81.1 Å². The topological polar surface area (TPSA) is 62.3 Å². The number of likely N-dealkylation sites (tertiary alicyclic amines) is 1. The maximum Gasteiger partial charge on any atom is 0.326 e. The minimum absolute atomic E-state index is 0.0820. The highest BCUT2D eigenvalue weighted by Gasteiger charge is 2.26. The van der Waals surface area contributed by atoms with Crippen LogP contribution in [0.25, 0.3) is 11.0 Å². The Balaban J connectivity index is 1.23. The predicted octanol–water partition coefficient (Wildman–Crippen LogP) is 3.92. The average molecular weight is 429 g/mol. The fraction of sp³-hybridized carbons (Fsp3) is 0.318. The van der Waals surface area contributed by atoms with Gasteiger partial charge in [0.05, 0.1) is 16.7 Å². The number of hydrogen-bond acceptors (Lipinski definition) is 4. The third-order valence-electron chi connectivity index (χ3n) is 5.86. The molecule has 0 saturated carbocycles. The van der Waals surface area contributed by atoms with Gasteiger partial charge in [-0.1, -0.05) is 23.7 Å². The smallest absolute Gasteiger partial charge is 0.305 e. The summed E-state index contributed by atoms with van der Waals surface area (Å²) in [6.45, 7) is 2.53. The highest BCUT2D eigenvalue weighted by molar-refractivity contribution is 6.31. The lowest BCUT2D eigenvalue weighted by Gasteiger charge is -2.32. The number of aromatic amines is 1. The SMILES string of the molecule is O=c1[nH]c2cc(Cl)ccc2n1C1CCN(CC2=CC(c3ccc(F)cc3)ON2)CC1. The second-order valence-electron chi connectivity index (χ2n) is 7.85. The summed E-state index contributed by atoms with van der Waals surface area (Å²) in [5.74, 6) is -0.255. The zero-order chi connectivity index (χ0) is 20.7. The van der Waals surface area contributed by atoms with Crippen LogP contribution in [0, 0.1) is 5.82 Å². The van der Waals surface area contributed by atoms with Gasteiger partial charge in [0.25, 0.3) is 0 Å². The van der Waals surface area contributed by atoms with Gasteiger partial charge in [-0.25, -0.2) is 9.18 Å². The van der Waals surface area contributed by atoms with Crippen LogP contribution in [0.2, 0.25) is 5.02 Å². The Hall–Kier alpha value is -2.61. The van der Waals surface area contributed by atoms with Gasteiger partial charge in [-0.2, -0.15) is 0 Å². The molecule has 1 saturated heterocycles. The van der Waals surface area contributed by atoms with Crippen molar-refractivity contribution in [2.24, 2.45) is 0 Å². The van der Waals surface area contributed by atoms with Crippen molar-refractivity contribution in [2.75, 3.05) is 19.6 Å². The molecular formula is C22H22ClFN4O2. The van der Waals surface area contributed by atoms with E-state index in [4.69, 9.17) is 16.4 Å². The highest BCUT2D eigenvalue weighted by atomic mass is 35.5. The Labute approximate surface area is 177 Å². The molecule has 1 fully saturated rings. The summed E-state index contributed by atoms with van der Waals surface area (Å²) < 4.78 is 15.0. The molecule has 30 heavy (non-hydrogen) atoms. The van der Waals surface area contributed by atoms with Crippen molar-refractivity contribution in [3.8, 4) is 0 Å². The van der Waals surface area contributed by atoms with E-state index >= 15 is 0 Å². The molecule has 1 aromatic heterocycles. The van der Waals surface area contributed by atoms with Crippen molar-refractivity contribution in [2.45, 2.75) is 25.0 Å². The minimum atomic E-state index is -0.255.